The minimum atomic E-state index is -0.669. The van der Waals surface area contributed by atoms with Crippen LogP contribution in [0.5, 0.6) is 5.75 Å². The molecule has 0 atom stereocenters. The van der Waals surface area contributed by atoms with Gasteiger partial charge < -0.3 is 10.1 Å². The summed E-state index contributed by atoms with van der Waals surface area (Å²) < 4.78 is 21.4. The van der Waals surface area contributed by atoms with Crippen LogP contribution in [0, 0.1) is 24.3 Å². The zero-order valence-electron chi connectivity index (χ0n) is 15.5. The Bertz CT molecular complexity index is 1120. The summed E-state index contributed by atoms with van der Waals surface area (Å²) in [5.74, 6) is -0.490. The van der Waals surface area contributed by atoms with Crippen molar-refractivity contribution in [2.24, 2.45) is 0 Å². The van der Waals surface area contributed by atoms with Crippen LogP contribution in [0.25, 0.3) is 6.08 Å². The van der Waals surface area contributed by atoms with Crippen molar-refractivity contribution >= 4 is 62.9 Å². The number of rotatable bonds is 6. The van der Waals surface area contributed by atoms with Crippen molar-refractivity contribution in [1.29, 1.82) is 5.26 Å². The zero-order valence-corrected chi connectivity index (χ0v) is 19.8. The lowest BCUT2D eigenvalue weighted by Gasteiger charge is -2.12. The number of carbonyl (C=O) groups is 1. The van der Waals surface area contributed by atoms with Gasteiger partial charge in [0, 0.05) is 0 Å². The number of benzene rings is 3. The second kappa shape index (κ2) is 10.5. The van der Waals surface area contributed by atoms with Crippen molar-refractivity contribution in [2.45, 2.75) is 6.61 Å². The van der Waals surface area contributed by atoms with E-state index in [1.165, 1.54) is 24.3 Å². The van der Waals surface area contributed by atoms with Crippen LogP contribution in [0.15, 0.2) is 72.3 Å². The molecule has 0 aliphatic carbocycles. The molecule has 150 valence electrons. The average Bonchev–Trinajstić information content (AvgIpc) is 2.73. The maximum absolute atomic E-state index is 13.8. The van der Waals surface area contributed by atoms with Crippen molar-refractivity contribution in [1.82, 2.24) is 0 Å². The quantitative estimate of drug-likeness (QED) is 0.203. The first-order valence-corrected chi connectivity index (χ1v) is 11.0. The number of hydrogen-bond donors (Lipinski definition) is 1. The highest BCUT2D eigenvalue weighted by Crippen LogP contribution is 2.30. The van der Waals surface area contributed by atoms with E-state index in [9.17, 15) is 14.4 Å². The van der Waals surface area contributed by atoms with E-state index in [0.29, 0.717) is 12.2 Å². The van der Waals surface area contributed by atoms with E-state index in [1.54, 1.807) is 6.07 Å². The molecule has 0 aliphatic rings. The van der Waals surface area contributed by atoms with E-state index in [0.717, 1.165) is 18.5 Å². The highest BCUT2D eigenvalue weighted by Gasteiger charge is 2.14. The molecule has 7 heteroatoms. The topological polar surface area (TPSA) is 62.1 Å². The molecule has 0 radical (unpaired) electrons. The standard InChI is InChI=1S/C23H15FI2N2O2/c24-18-8-4-5-9-21(18)28-23(29)17(13-27)10-16-11-19(25)22(20(26)12-16)30-14-15-6-2-1-3-7-15/h1-12H,14H2,(H,28,29)/b17-10+. The van der Waals surface area contributed by atoms with E-state index in [4.69, 9.17) is 4.74 Å². The summed E-state index contributed by atoms with van der Waals surface area (Å²) in [6, 6.07) is 21.2. The van der Waals surface area contributed by atoms with Gasteiger partial charge in [-0.2, -0.15) is 5.26 Å². The van der Waals surface area contributed by atoms with Gasteiger partial charge in [-0.15, -0.1) is 0 Å². The molecule has 0 aromatic heterocycles. The van der Waals surface area contributed by atoms with Gasteiger partial charge in [0.2, 0.25) is 0 Å². The lowest BCUT2D eigenvalue weighted by atomic mass is 10.1. The Morgan fingerprint density at radius 2 is 1.70 bits per heavy atom. The Labute approximate surface area is 201 Å². The number of nitriles is 1. The van der Waals surface area contributed by atoms with Gasteiger partial charge in [-0.25, -0.2) is 4.39 Å². The predicted octanol–water partition coefficient (Wildman–Crippen LogP) is 6.16. The third kappa shape index (κ3) is 5.79. The van der Waals surface area contributed by atoms with Gasteiger partial charge in [-0.3, -0.25) is 4.79 Å². The first-order chi connectivity index (χ1) is 14.5. The molecule has 3 rings (SSSR count). The van der Waals surface area contributed by atoms with Crippen molar-refractivity contribution < 1.29 is 13.9 Å². The lowest BCUT2D eigenvalue weighted by molar-refractivity contribution is -0.112. The number of nitrogens with zero attached hydrogens (tertiary/aromatic N) is 1. The Morgan fingerprint density at radius 3 is 2.33 bits per heavy atom. The molecule has 0 aliphatic heterocycles. The van der Waals surface area contributed by atoms with Gasteiger partial charge in [-0.1, -0.05) is 42.5 Å². The smallest absolute Gasteiger partial charge is 0.266 e. The Kier molecular flexibility index (Phi) is 7.81. The van der Waals surface area contributed by atoms with Crippen molar-refractivity contribution in [3.05, 3.63) is 96.4 Å². The molecule has 3 aromatic carbocycles. The van der Waals surface area contributed by atoms with Crippen LogP contribution in [0.3, 0.4) is 0 Å². The molecular weight excluding hydrogens is 609 g/mol. The summed E-state index contributed by atoms with van der Waals surface area (Å²) >= 11 is 4.32. The molecule has 30 heavy (non-hydrogen) atoms. The number of hydrogen-bond acceptors (Lipinski definition) is 3. The molecule has 3 aromatic rings. The fourth-order valence-electron chi connectivity index (χ4n) is 2.60. The maximum Gasteiger partial charge on any atom is 0.266 e. The molecule has 4 nitrogen and oxygen atoms in total. The van der Waals surface area contributed by atoms with Crippen LogP contribution in [0.4, 0.5) is 10.1 Å². The van der Waals surface area contributed by atoms with Gasteiger partial charge in [0.15, 0.2) is 0 Å². The van der Waals surface area contributed by atoms with Crippen LogP contribution in [0.2, 0.25) is 0 Å². The number of nitrogens with one attached hydrogen (secondary N) is 1. The highest BCUT2D eigenvalue weighted by molar-refractivity contribution is 14.1. The molecule has 1 amide bonds. The van der Waals surface area contributed by atoms with E-state index < -0.39 is 11.7 Å². The number of anilines is 1. The van der Waals surface area contributed by atoms with E-state index in [-0.39, 0.29) is 11.3 Å². The average molecular weight is 624 g/mol. The van der Waals surface area contributed by atoms with Crippen molar-refractivity contribution in [3.8, 4) is 11.8 Å². The Balaban J connectivity index is 1.79. The summed E-state index contributed by atoms with van der Waals surface area (Å²) in [4.78, 5) is 12.4. The van der Waals surface area contributed by atoms with Gasteiger partial charge in [0.25, 0.3) is 5.91 Å². The minimum absolute atomic E-state index is 0.0254. The SMILES string of the molecule is N#C/C(=C\c1cc(I)c(OCc2ccccc2)c(I)c1)C(=O)Nc1ccccc1F. The fourth-order valence-corrected chi connectivity index (χ4v) is 4.73. The van der Waals surface area contributed by atoms with Crippen LogP contribution >= 0.6 is 45.2 Å². The van der Waals surface area contributed by atoms with Crippen LogP contribution in [0.1, 0.15) is 11.1 Å². The Morgan fingerprint density at radius 1 is 1.07 bits per heavy atom. The largest absolute Gasteiger partial charge is 0.487 e. The molecule has 0 saturated heterocycles. The number of para-hydroxylation sites is 1. The van der Waals surface area contributed by atoms with E-state index in [1.807, 2.05) is 48.5 Å². The van der Waals surface area contributed by atoms with Crippen molar-refractivity contribution in [3.63, 3.8) is 0 Å². The second-order valence-electron chi connectivity index (χ2n) is 6.19. The van der Waals surface area contributed by atoms with Crippen LogP contribution < -0.4 is 10.1 Å². The number of amides is 1. The molecule has 0 unspecified atom stereocenters. The second-order valence-corrected chi connectivity index (χ2v) is 8.52. The van der Waals surface area contributed by atoms with Gasteiger partial charge in [0.05, 0.1) is 12.8 Å². The molecule has 0 fully saturated rings. The maximum atomic E-state index is 13.8. The normalized spacial score (nSPS) is 10.9. The summed E-state index contributed by atoms with van der Waals surface area (Å²) in [5.41, 5.74) is 1.64. The molecular formula is C23H15FI2N2O2. The van der Waals surface area contributed by atoms with Gasteiger partial charge >= 0.3 is 0 Å². The predicted molar refractivity (Wildman–Crippen MR) is 131 cm³/mol. The lowest BCUT2D eigenvalue weighted by Crippen LogP contribution is -2.14. The molecule has 0 saturated carbocycles. The highest BCUT2D eigenvalue weighted by atomic mass is 127. The fraction of sp³-hybridized carbons (Fsp3) is 0.0435. The van der Waals surface area contributed by atoms with Gasteiger partial charge in [-0.05, 0) is 86.7 Å². The van der Waals surface area contributed by atoms with Crippen LogP contribution in [-0.2, 0) is 11.4 Å². The summed E-state index contributed by atoms with van der Waals surface area (Å²) in [6.07, 6.45) is 1.47. The third-order valence-corrected chi connectivity index (χ3v) is 5.65. The number of carbonyl (C=O) groups excluding carboxylic acids is 1. The molecule has 1 N–H and O–H groups in total. The van der Waals surface area contributed by atoms with E-state index >= 15 is 0 Å². The monoisotopic (exact) mass is 624 g/mol. The molecule has 0 heterocycles. The first-order valence-electron chi connectivity index (χ1n) is 8.81. The van der Waals surface area contributed by atoms with Gasteiger partial charge in [0.1, 0.15) is 29.8 Å². The summed E-state index contributed by atoms with van der Waals surface area (Å²) in [7, 11) is 0. The van der Waals surface area contributed by atoms with Crippen molar-refractivity contribution in [2.75, 3.05) is 5.32 Å². The first kappa shape index (κ1) is 22.2. The minimum Gasteiger partial charge on any atom is -0.487 e. The molecule has 0 bridgehead atoms. The zero-order chi connectivity index (χ0) is 21.5. The number of halogens is 3. The third-order valence-electron chi connectivity index (χ3n) is 4.04. The summed E-state index contributed by atoms with van der Waals surface area (Å²) in [6.45, 7) is 0.441. The molecule has 0 spiro atoms. The number of ether oxygens (including phenoxy) is 1. The van der Waals surface area contributed by atoms with E-state index in [2.05, 4.69) is 50.5 Å². The Hall–Kier alpha value is -2.45. The summed E-state index contributed by atoms with van der Waals surface area (Å²) in [5, 5.41) is 11.8. The van der Waals surface area contributed by atoms with Crippen LogP contribution in [-0.4, -0.2) is 5.91 Å².